The molecule has 2 heteroatoms. The van der Waals surface area contributed by atoms with Crippen LogP contribution >= 0.6 is 9.24 Å². The third-order valence-electron chi connectivity index (χ3n) is 4.61. The molecule has 1 nitrogen and oxygen atoms in total. The van der Waals surface area contributed by atoms with Crippen LogP contribution < -0.4 is 0 Å². The molecule has 0 spiro atoms. The molecular weight excluding hydrogens is 287 g/mol. The van der Waals surface area contributed by atoms with Crippen molar-refractivity contribution >= 4 is 15.0 Å². The number of hydrogen-bond acceptors (Lipinski definition) is 1. The average Bonchev–Trinajstić information content (AvgIpc) is 2.44. The van der Waals surface area contributed by atoms with Crippen molar-refractivity contribution in [2.45, 2.75) is 84.7 Å². The molecule has 0 bridgehead atoms. The third-order valence-corrected chi connectivity index (χ3v) is 5.28. The minimum atomic E-state index is -0.382. The Balaban J connectivity index is 3.69. The number of carbonyl (C=O) groups excluding carboxylic acids is 1. The lowest BCUT2D eigenvalue weighted by atomic mass is 9.80. The molecule has 0 aliphatic carbocycles. The van der Waals surface area contributed by atoms with Gasteiger partial charge in [-0.15, -0.1) is 9.24 Å². The predicted octanol–water partition coefficient (Wildman–Crippen LogP) is 6.28. The first kappa shape index (κ1) is 19.4. The topological polar surface area (TPSA) is 17.1 Å². The minimum absolute atomic E-state index is 0.266. The van der Waals surface area contributed by atoms with E-state index in [0.29, 0.717) is 17.8 Å². The Morgan fingerprint density at radius 1 is 1.00 bits per heavy atom. The highest BCUT2D eigenvalue weighted by Gasteiger charge is 2.32. The summed E-state index contributed by atoms with van der Waals surface area (Å²) in [5.41, 5.74) is 4.73. The van der Waals surface area contributed by atoms with E-state index >= 15 is 0 Å². The fraction of sp³-hybridized carbons (Fsp3) is 0.650. The highest BCUT2D eigenvalue weighted by Crippen LogP contribution is 2.37. The van der Waals surface area contributed by atoms with Crippen molar-refractivity contribution < 1.29 is 4.79 Å². The lowest BCUT2D eigenvalue weighted by molar-refractivity contribution is 0.0945. The minimum Gasteiger partial charge on any atom is -0.293 e. The van der Waals surface area contributed by atoms with E-state index in [1.165, 1.54) is 16.7 Å². The van der Waals surface area contributed by atoms with E-state index in [0.717, 1.165) is 12.0 Å². The number of ketones is 1. The van der Waals surface area contributed by atoms with Gasteiger partial charge in [0.2, 0.25) is 0 Å². The average molecular weight is 320 g/mol. The highest BCUT2D eigenvalue weighted by molar-refractivity contribution is 7.21. The van der Waals surface area contributed by atoms with Gasteiger partial charge in [0.15, 0.2) is 5.78 Å². The fourth-order valence-corrected chi connectivity index (χ4v) is 2.81. The maximum absolute atomic E-state index is 13.2. The summed E-state index contributed by atoms with van der Waals surface area (Å²) in [7, 11) is 2.77. The molecular formula is C20H33OP. The standard InChI is InChI=1S/C20H33OP/c1-9-20(8,22)19(21)18-16(13(4)5)10-15(12(2)3)11-17(18)14(6)7/h10-14H,9,22H2,1-8H3. The van der Waals surface area contributed by atoms with Crippen LogP contribution in [0.15, 0.2) is 12.1 Å². The molecule has 0 aliphatic heterocycles. The maximum Gasteiger partial charge on any atom is 0.173 e. The Kier molecular flexibility index (Phi) is 6.39. The summed E-state index contributed by atoms with van der Waals surface area (Å²) in [6.07, 6.45) is 0.831. The lowest BCUT2D eigenvalue weighted by Gasteiger charge is -2.28. The Morgan fingerprint density at radius 3 is 1.68 bits per heavy atom. The molecule has 0 aliphatic rings. The van der Waals surface area contributed by atoms with Crippen LogP contribution in [0.1, 0.15) is 107 Å². The summed E-state index contributed by atoms with van der Waals surface area (Å²) in [5.74, 6) is 1.45. The predicted molar refractivity (Wildman–Crippen MR) is 101 cm³/mol. The van der Waals surface area contributed by atoms with Gasteiger partial charge in [-0.1, -0.05) is 60.6 Å². The summed E-state index contributed by atoms with van der Waals surface area (Å²) in [6, 6.07) is 4.51. The van der Waals surface area contributed by atoms with Gasteiger partial charge in [0, 0.05) is 10.7 Å². The van der Waals surface area contributed by atoms with Crippen molar-refractivity contribution in [2.24, 2.45) is 0 Å². The molecule has 1 rings (SSSR count). The molecule has 0 amide bonds. The molecule has 124 valence electrons. The largest absolute Gasteiger partial charge is 0.293 e. The van der Waals surface area contributed by atoms with Gasteiger partial charge in [0.1, 0.15) is 0 Å². The first-order valence-corrected chi connectivity index (χ1v) is 9.12. The normalized spacial score (nSPS) is 14.7. The Labute approximate surface area is 139 Å². The monoisotopic (exact) mass is 320 g/mol. The van der Waals surface area contributed by atoms with Crippen LogP contribution in [-0.2, 0) is 0 Å². The van der Waals surface area contributed by atoms with Crippen LogP contribution in [0.4, 0.5) is 0 Å². The molecule has 0 heterocycles. The lowest BCUT2D eigenvalue weighted by Crippen LogP contribution is -2.30. The summed E-state index contributed by atoms with van der Waals surface area (Å²) in [6.45, 7) is 17.3. The molecule has 1 aromatic carbocycles. The maximum atomic E-state index is 13.2. The first-order chi connectivity index (χ1) is 10.0. The SMILES string of the molecule is CCC(C)(P)C(=O)c1c(C(C)C)cc(C(C)C)cc1C(C)C. The summed E-state index contributed by atoms with van der Waals surface area (Å²) in [5, 5.41) is -0.382. The van der Waals surface area contributed by atoms with Gasteiger partial charge >= 0.3 is 0 Å². The summed E-state index contributed by atoms with van der Waals surface area (Å²) >= 11 is 0. The number of Topliss-reactive ketones (excluding diaryl/α,β-unsaturated/α-hetero) is 1. The molecule has 0 fully saturated rings. The molecule has 22 heavy (non-hydrogen) atoms. The molecule has 1 aromatic rings. The van der Waals surface area contributed by atoms with Crippen LogP contribution in [0.2, 0.25) is 0 Å². The van der Waals surface area contributed by atoms with Crippen molar-refractivity contribution in [3.63, 3.8) is 0 Å². The van der Waals surface area contributed by atoms with E-state index in [1.54, 1.807) is 0 Å². The van der Waals surface area contributed by atoms with Crippen molar-refractivity contribution in [3.8, 4) is 0 Å². The zero-order chi connectivity index (χ0) is 17.2. The summed E-state index contributed by atoms with van der Waals surface area (Å²) < 4.78 is 0. The molecule has 0 radical (unpaired) electrons. The van der Waals surface area contributed by atoms with Gasteiger partial charge in [-0.2, -0.15) is 0 Å². The van der Waals surface area contributed by atoms with Gasteiger partial charge in [-0.3, -0.25) is 4.79 Å². The summed E-state index contributed by atoms with van der Waals surface area (Å²) in [4.78, 5) is 13.2. The van der Waals surface area contributed by atoms with Crippen LogP contribution in [0, 0.1) is 0 Å². The zero-order valence-corrected chi connectivity index (χ0v) is 16.7. The van der Waals surface area contributed by atoms with Crippen LogP contribution in [0.5, 0.6) is 0 Å². The molecule has 0 saturated heterocycles. The van der Waals surface area contributed by atoms with Crippen molar-refractivity contribution in [3.05, 3.63) is 34.4 Å². The van der Waals surface area contributed by atoms with Crippen molar-refractivity contribution in [2.75, 3.05) is 0 Å². The zero-order valence-electron chi connectivity index (χ0n) is 15.6. The number of benzene rings is 1. The second kappa shape index (κ2) is 7.26. The van der Waals surface area contributed by atoms with Crippen molar-refractivity contribution in [1.82, 2.24) is 0 Å². The molecule has 0 saturated carbocycles. The van der Waals surface area contributed by atoms with E-state index in [1.807, 2.05) is 6.92 Å². The van der Waals surface area contributed by atoms with Gasteiger partial charge in [-0.25, -0.2) is 0 Å². The van der Waals surface area contributed by atoms with E-state index in [-0.39, 0.29) is 10.9 Å². The Morgan fingerprint density at radius 2 is 1.41 bits per heavy atom. The van der Waals surface area contributed by atoms with E-state index < -0.39 is 0 Å². The van der Waals surface area contributed by atoms with Crippen LogP contribution in [0.25, 0.3) is 0 Å². The number of hydrogen-bond donors (Lipinski definition) is 0. The molecule has 0 aromatic heterocycles. The molecule has 0 N–H and O–H groups in total. The van der Waals surface area contributed by atoms with Crippen molar-refractivity contribution in [1.29, 1.82) is 0 Å². The van der Waals surface area contributed by atoms with Gasteiger partial charge in [0.25, 0.3) is 0 Å². The quantitative estimate of drug-likeness (QED) is 0.445. The second-order valence-corrected chi connectivity index (χ2v) is 8.91. The number of carbonyl (C=O) groups is 1. The molecule has 2 unspecified atom stereocenters. The van der Waals surface area contributed by atoms with Gasteiger partial charge in [-0.05, 0) is 47.8 Å². The molecule has 2 atom stereocenters. The van der Waals surface area contributed by atoms with E-state index in [4.69, 9.17) is 0 Å². The first-order valence-electron chi connectivity index (χ1n) is 8.54. The Bertz CT molecular complexity index is 510. The van der Waals surface area contributed by atoms with E-state index in [2.05, 4.69) is 69.8 Å². The van der Waals surface area contributed by atoms with E-state index in [9.17, 15) is 4.79 Å². The third kappa shape index (κ3) is 3.99. The smallest absolute Gasteiger partial charge is 0.173 e. The van der Waals surface area contributed by atoms with Gasteiger partial charge in [0.05, 0.1) is 0 Å². The highest BCUT2D eigenvalue weighted by atomic mass is 31.0. The van der Waals surface area contributed by atoms with Gasteiger partial charge < -0.3 is 0 Å². The van der Waals surface area contributed by atoms with Crippen LogP contribution in [0.3, 0.4) is 0 Å². The number of rotatable bonds is 6. The second-order valence-electron chi connectivity index (χ2n) is 7.64. The Hall–Kier alpha value is -0.680. The van der Waals surface area contributed by atoms with Crippen LogP contribution in [-0.4, -0.2) is 10.9 Å². The fourth-order valence-electron chi connectivity index (χ4n) is 2.66.